The fourth-order valence-corrected chi connectivity index (χ4v) is 6.18. The van der Waals surface area contributed by atoms with Crippen LogP contribution in [-0.4, -0.2) is 48.2 Å². The molecule has 8 heteroatoms. The van der Waals surface area contributed by atoms with Crippen molar-refractivity contribution in [2.45, 2.75) is 92.8 Å². The monoisotopic (exact) mass is 496 g/mol. The first kappa shape index (κ1) is 27.8. The van der Waals surface area contributed by atoms with Crippen LogP contribution in [0.25, 0.3) is 9.75 Å². The van der Waals surface area contributed by atoms with Crippen LogP contribution < -0.4 is 19.9 Å². The molecule has 0 saturated heterocycles. The average Bonchev–Trinajstić information content (AvgIpc) is 3.13. The van der Waals surface area contributed by atoms with Crippen LogP contribution in [0.5, 0.6) is 0 Å². The highest BCUT2D eigenvalue weighted by molar-refractivity contribution is 7.23. The third-order valence-electron chi connectivity index (χ3n) is 5.75. The number of hydrogen-bond acceptors (Lipinski definition) is 8. The number of anilines is 4. The van der Waals surface area contributed by atoms with Gasteiger partial charge in [-0.2, -0.15) is 0 Å². The molecule has 0 aliphatic rings. The van der Waals surface area contributed by atoms with E-state index in [0.29, 0.717) is 0 Å². The lowest BCUT2D eigenvalue weighted by Crippen LogP contribution is -2.42. The number of hydroxylamine groups is 2. The van der Waals surface area contributed by atoms with Crippen LogP contribution >= 0.6 is 22.7 Å². The molecule has 188 valence electrons. The van der Waals surface area contributed by atoms with E-state index in [1.807, 2.05) is 55.6 Å². The molecule has 0 bridgehead atoms. The van der Waals surface area contributed by atoms with E-state index in [1.54, 1.807) is 22.7 Å². The molecule has 2 aromatic rings. The predicted octanol–water partition coefficient (Wildman–Crippen LogP) is 7.38. The molecule has 0 fully saturated rings. The van der Waals surface area contributed by atoms with Gasteiger partial charge in [-0.25, -0.2) is 10.1 Å². The lowest BCUT2D eigenvalue weighted by Gasteiger charge is -2.39. The summed E-state index contributed by atoms with van der Waals surface area (Å²) in [5.74, 6) is 0. The Morgan fingerprint density at radius 1 is 0.545 bits per heavy atom. The summed E-state index contributed by atoms with van der Waals surface area (Å²) < 4.78 is 0. The molecular weight excluding hydrogens is 452 g/mol. The minimum Gasteiger partial charge on any atom is -0.375 e. The molecule has 0 amide bonds. The summed E-state index contributed by atoms with van der Waals surface area (Å²) in [5, 5.41) is 25.7. The van der Waals surface area contributed by atoms with Crippen molar-refractivity contribution >= 4 is 45.4 Å². The second kappa shape index (κ2) is 8.95. The van der Waals surface area contributed by atoms with Crippen LogP contribution in [0, 0.1) is 13.8 Å². The summed E-state index contributed by atoms with van der Waals surface area (Å²) in [4.78, 5) is 8.48. The molecule has 2 heterocycles. The number of nitrogens with zero attached hydrogens (tertiary/aromatic N) is 4. The first-order valence-corrected chi connectivity index (χ1v) is 13.0. The van der Waals surface area contributed by atoms with Gasteiger partial charge in [-0.1, -0.05) is 0 Å². The van der Waals surface area contributed by atoms with Crippen molar-refractivity contribution < 1.29 is 10.4 Å². The van der Waals surface area contributed by atoms with Gasteiger partial charge in [0.05, 0.1) is 32.2 Å². The summed E-state index contributed by atoms with van der Waals surface area (Å²) in [6.45, 7) is 22.7. The van der Waals surface area contributed by atoms with E-state index in [-0.39, 0.29) is 5.54 Å². The highest BCUT2D eigenvalue weighted by atomic mass is 32.1. The Balaban J connectivity index is 3.01. The Labute approximate surface area is 209 Å². The van der Waals surface area contributed by atoms with Gasteiger partial charge in [-0.05, 0) is 76.2 Å². The third kappa shape index (κ3) is 5.29. The fourth-order valence-electron chi connectivity index (χ4n) is 3.68. The van der Waals surface area contributed by atoms with Crippen molar-refractivity contribution in [1.82, 2.24) is 0 Å². The molecule has 0 unspecified atom stereocenters. The van der Waals surface area contributed by atoms with E-state index in [1.165, 1.54) is 10.1 Å². The highest BCUT2D eigenvalue weighted by Crippen LogP contribution is 2.57. The predicted molar refractivity (Wildman–Crippen MR) is 148 cm³/mol. The van der Waals surface area contributed by atoms with Crippen molar-refractivity contribution in [1.29, 1.82) is 0 Å². The Hall–Kier alpha value is -1.48. The van der Waals surface area contributed by atoms with E-state index in [0.717, 1.165) is 42.3 Å². The maximum atomic E-state index is 11.5. The lowest BCUT2D eigenvalue weighted by molar-refractivity contribution is 0.180. The van der Waals surface area contributed by atoms with E-state index >= 15 is 0 Å². The molecule has 0 aliphatic heterocycles. The molecule has 0 atom stereocenters. The fraction of sp³-hybridized carbons (Fsp3) is 0.680. The largest absolute Gasteiger partial charge is 0.375 e. The number of thiophene rings is 2. The van der Waals surface area contributed by atoms with Gasteiger partial charge in [-0.3, -0.25) is 10.4 Å². The normalized spacial score (nSPS) is 12.8. The quantitative estimate of drug-likeness (QED) is 0.421. The third-order valence-corrected chi connectivity index (χ3v) is 8.08. The maximum Gasteiger partial charge on any atom is 0.107 e. The Morgan fingerprint density at radius 2 is 0.879 bits per heavy atom. The SMILES string of the molecule is Cc1sc(-c2sc(C)c(N(C)C(C)(C)C)c2N(O)C(C)(C)C)c(N(O)C(C)(C)C)c1N(C)C. The topological polar surface area (TPSA) is 53.4 Å². The van der Waals surface area contributed by atoms with Crippen molar-refractivity contribution in [3.8, 4) is 9.75 Å². The smallest absolute Gasteiger partial charge is 0.107 e. The van der Waals surface area contributed by atoms with Gasteiger partial charge in [0.25, 0.3) is 0 Å². The zero-order valence-corrected chi connectivity index (χ0v) is 24.6. The Morgan fingerprint density at radius 3 is 1.18 bits per heavy atom. The zero-order valence-electron chi connectivity index (χ0n) is 23.0. The van der Waals surface area contributed by atoms with E-state index in [2.05, 4.69) is 51.5 Å². The molecule has 0 aromatic carbocycles. The number of aryl methyl sites for hydroxylation is 2. The van der Waals surface area contributed by atoms with Gasteiger partial charge < -0.3 is 9.80 Å². The molecule has 0 radical (unpaired) electrons. The van der Waals surface area contributed by atoms with Crippen LogP contribution in [-0.2, 0) is 0 Å². The van der Waals surface area contributed by atoms with Crippen LogP contribution in [0.1, 0.15) is 72.1 Å². The van der Waals surface area contributed by atoms with Gasteiger partial charge in [0.1, 0.15) is 11.4 Å². The molecule has 0 saturated carbocycles. The average molecular weight is 497 g/mol. The molecule has 2 aromatic heterocycles. The van der Waals surface area contributed by atoms with E-state index < -0.39 is 11.1 Å². The molecule has 0 aliphatic carbocycles. The van der Waals surface area contributed by atoms with Gasteiger partial charge in [0, 0.05) is 36.4 Å². The van der Waals surface area contributed by atoms with Crippen molar-refractivity contribution in [2.75, 3.05) is 41.1 Å². The van der Waals surface area contributed by atoms with Crippen molar-refractivity contribution in [2.24, 2.45) is 0 Å². The second-order valence-corrected chi connectivity index (χ2v) is 14.4. The summed E-state index contributed by atoms with van der Waals surface area (Å²) >= 11 is 3.33. The molecule has 2 N–H and O–H groups in total. The molecule has 33 heavy (non-hydrogen) atoms. The standard InChI is InChI=1S/C25H44N4O2S2/c1-15-17(26(12)13)19(28(30)24(6,7)8)21(32-15)22-20(29(31)25(9,10)11)18(16(2)33-22)27(14)23(3,4)5/h30-31H,1-14H3. The minimum atomic E-state index is -0.504. The van der Waals surface area contributed by atoms with E-state index in [9.17, 15) is 10.4 Å². The van der Waals surface area contributed by atoms with Crippen LogP contribution in [0.2, 0.25) is 0 Å². The van der Waals surface area contributed by atoms with Gasteiger partial charge in [0.15, 0.2) is 0 Å². The van der Waals surface area contributed by atoms with Crippen LogP contribution in [0.4, 0.5) is 22.7 Å². The lowest BCUT2D eigenvalue weighted by atomic mass is 10.0. The summed E-state index contributed by atoms with van der Waals surface area (Å²) in [7, 11) is 6.09. The van der Waals surface area contributed by atoms with Gasteiger partial charge in [0.2, 0.25) is 0 Å². The van der Waals surface area contributed by atoms with Crippen LogP contribution in [0.3, 0.4) is 0 Å². The number of rotatable bonds is 5. The molecular formula is C25H44N4O2S2. The van der Waals surface area contributed by atoms with Gasteiger partial charge >= 0.3 is 0 Å². The minimum absolute atomic E-state index is 0.131. The second-order valence-electron chi connectivity index (χ2n) is 12.0. The first-order chi connectivity index (χ1) is 14.7. The highest BCUT2D eigenvalue weighted by Gasteiger charge is 2.37. The first-order valence-electron chi connectivity index (χ1n) is 11.4. The van der Waals surface area contributed by atoms with E-state index in [4.69, 9.17) is 0 Å². The Bertz CT molecular complexity index is 988. The molecule has 2 rings (SSSR count). The molecule has 0 spiro atoms. The zero-order chi connectivity index (χ0) is 25.8. The van der Waals surface area contributed by atoms with Crippen molar-refractivity contribution in [3.63, 3.8) is 0 Å². The van der Waals surface area contributed by atoms with Crippen LogP contribution in [0.15, 0.2) is 0 Å². The number of hydrogen-bond donors (Lipinski definition) is 2. The Kier molecular flexibility index (Phi) is 7.53. The summed E-state index contributed by atoms with van der Waals surface area (Å²) in [6.07, 6.45) is 0. The maximum absolute atomic E-state index is 11.5. The van der Waals surface area contributed by atoms with Crippen molar-refractivity contribution in [3.05, 3.63) is 9.75 Å². The summed E-state index contributed by atoms with van der Waals surface area (Å²) in [5.41, 5.74) is 2.46. The summed E-state index contributed by atoms with van der Waals surface area (Å²) in [6, 6.07) is 0. The van der Waals surface area contributed by atoms with Gasteiger partial charge in [-0.15, -0.1) is 22.7 Å². The molecule has 6 nitrogen and oxygen atoms in total.